The molecule has 0 bridgehead atoms. The Balaban J connectivity index is 1.47. The van der Waals surface area contributed by atoms with Gasteiger partial charge in [-0.05, 0) is 45.7 Å². The molecule has 0 N–H and O–H groups in total. The normalized spacial score (nSPS) is 20.9. The molecule has 2 aliphatic rings. The molecule has 2 aliphatic heterocycles. The monoisotopic (exact) mass is 496 g/mol. The van der Waals surface area contributed by atoms with E-state index in [4.69, 9.17) is 4.52 Å². The van der Waals surface area contributed by atoms with Gasteiger partial charge in [-0.15, -0.1) is 0 Å². The molecule has 1 amide bonds. The molecule has 12 heteroatoms. The molecule has 1 atom stereocenters. The van der Waals surface area contributed by atoms with E-state index in [1.807, 2.05) is 6.92 Å². The van der Waals surface area contributed by atoms with Crippen molar-refractivity contribution >= 4 is 26.0 Å². The molecule has 0 aliphatic carbocycles. The van der Waals surface area contributed by atoms with Crippen LogP contribution in [-0.4, -0.2) is 80.2 Å². The van der Waals surface area contributed by atoms with Gasteiger partial charge in [0.1, 0.15) is 16.6 Å². The van der Waals surface area contributed by atoms with Crippen molar-refractivity contribution < 1.29 is 26.2 Å². The van der Waals surface area contributed by atoms with E-state index in [1.54, 1.807) is 43.0 Å². The van der Waals surface area contributed by atoms with Crippen LogP contribution in [0, 0.1) is 20.8 Å². The highest BCUT2D eigenvalue weighted by atomic mass is 32.2. The lowest BCUT2D eigenvalue weighted by molar-refractivity contribution is -0.135. The number of amides is 1. The van der Waals surface area contributed by atoms with Crippen LogP contribution in [0.4, 0.5) is 0 Å². The molecule has 10 nitrogen and oxygen atoms in total. The zero-order chi connectivity index (χ0) is 24.0. The van der Waals surface area contributed by atoms with Crippen molar-refractivity contribution in [2.75, 3.05) is 32.7 Å². The van der Waals surface area contributed by atoms with E-state index >= 15 is 0 Å². The number of aryl methyl sites for hydroxylation is 3. The van der Waals surface area contributed by atoms with Crippen molar-refractivity contribution in [3.05, 3.63) is 41.3 Å². The van der Waals surface area contributed by atoms with Crippen LogP contribution in [0.15, 0.2) is 38.6 Å². The minimum Gasteiger partial charge on any atom is -0.360 e. The SMILES string of the molecule is Cc1ccc(S(=O)(=O)N2CCC[C@H]2C(=O)N2CCN(S(=O)(=O)c3c(C)noc3C)CC2)cc1. The fourth-order valence-electron chi connectivity index (χ4n) is 4.45. The van der Waals surface area contributed by atoms with Crippen molar-refractivity contribution in [2.24, 2.45) is 0 Å². The summed E-state index contributed by atoms with van der Waals surface area (Å²) in [5.74, 6) is -0.0495. The lowest BCUT2D eigenvalue weighted by Crippen LogP contribution is -2.55. The molecule has 0 radical (unpaired) electrons. The van der Waals surface area contributed by atoms with Gasteiger partial charge in [0.2, 0.25) is 26.0 Å². The number of benzene rings is 1. The van der Waals surface area contributed by atoms with Crippen LogP contribution in [0.3, 0.4) is 0 Å². The summed E-state index contributed by atoms with van der Waals surface area (Å²) in [6.07, 6.45) is 1.05. The topological polar surface area (TPSA) is 121 Å². The molecule has 4 rings (SSSR count). The number of hydrogen-bond donors (Lipinski definition) is 0. The summed E-state index contributed by atoms with van der Waals surface area (Å²) in [7, 11) is -7.59. The third-order valence-electron chi connectivity index (χ3n) is 6.23. The van der Waals surface area contributed by atoms with E-state index in [-0.39, 0.29) is 54.2 Å². The van der Waals surface area contributed by atoms with Gasteiger partial charge in [0.25, 0.3) is 0 Å². The smallest absolute Gasteiger partial charge is 0.248 e. The van der Waals surface area contributed by atoms with E-state index in [1.165, 1.54) is 8.61 Å². The summed E-state index contributed by atoms with van der Waals surface area (Å²) in [6, 6.07) is 5.81. The van der Waals surface area contributed by atoms with Crippen LogP contribution in [0.1, 0.15) is 29.9 Å². The van der Waals surface area contributed by atoms with Gasteiger partial charge in [0.05, 0.1) is 4.90 Å². The Bertz CT molecular complexity index is 1230. The Hall–Kier alpha value is -2.28. The molecule has 1 aromatic heterocycles. The van der Waals surface area contributed by atoms with Crippen molar-refractivity contribution in [3.8, 4) is 0 Å². The number of rotatable bonds is 5. The molecule has 0 unspecified atom stereocenters. The Morgan fingerprint density at radius 2 is 1.58 bits per heavy atom. The van der Waals surface area contributed by atoms with Crippen LogP contribution in [0.25, 0.3) is 0 Å². The maximum absolute atomic E-state index is 13.3. The maximum Gasteiger partial charge on any atom is 0.248 e. The molecule has 180 valence electrons. The number of nitrogens with zero attached hydrogens (tertiary/aromatic N) is 4. The number of carbonyl (C=O) groups excluding carboxylic acids is 1. The first-order valence-electron chi connectivity index (χ1n) is 10.8. The van der Waals surface area contributed by atoms with E-state index < -0.39 is 26.1 Å². The summed E-state index contributed by atoms with van der Waals surface area (Å²) >= 11 is 0. The number of piperazine rings is 1. The average molecular weight is 497 g/mol. The Labute approximate surface area is 194 Å². The van der Waals surface area contributed by atoms with Crippen molar-refractivity contribution in [1.29, 1.82) is 0 Å². The highest BCUT2D eigenvalue weighted by Crippen LogP contribution is 2.29. The molecule has 0 spiro atoms. The van der Waals surface area contributed by atoms with E-state index in [0.29, 0.717) is 18.5 Å². The van der Waals surface area contributed by atoms with E-state index in [2.05, 4.69) is 5.16 Å². The lowest BCUT2D eigenvalue weighted by atomic mass is 10.2. The van der Waals surface area contributed by atoms with Gasteiger partial charge in [0.15, 0.2) is 5.76 Å². The van der Waals surface area contributed by atoms with Crippen LogP contribution in [-0.2, 0) is 24.8 Å². The fourth-order valence-corrected chi connectivity index (χ4v) is 7.82. The number of hydrogen-bond acceptors (Lipinski definition) is 7. The highest BCUT2D eigenvalue weighted by molar-refractivity contribution is 7.89. The molecule has 2 saturated heterocycles. The highest BCUT2D eigenvalue weighted by Gasteiger charge is 2.42. The predicted octanol–water partition coefficient (Wildman–Crippen LogP) is 1.29. The summed E-state index contributed by atoms with van der Waals surface area (Å²) < 4.78 is 60.0. The zero-order valence-electron chi connectivity index (χ0n) is 18.9. The summed E-state index contributed by atoms with van der Waals surface area (Å²) in [5.41, 5.74) is 1.25. The second kappa shape index (κ2) is 8.82. The van der Waals surface area contributed by atoms with Crippen LogP contribution in [0.5, 0.6) is 0 Å². The molecule has 0 saturated carbocycles. The molecular weight excluding hydrogens is 468 g/mol. The van der Waals surface area contributed by atoms with Gasteiger partial charge in [-0.25, -0.2) is 16.8 Å². The second-order valence-electron chi connectivity index (χ2n) is 8.47. The first-order chi connectivity index (χ1) is 15.5. The zero-order valence-corrected chi connectivity index (χ0v) is 20.5. The third kappa shape index (κ3) is 4.32. The average Bonchev–Trinajstić information content (AvgIpc) is 3.41. The Morgan fingerprint density at radius 1 is 0.939 bits per heavy atom. The number of sulfonamides is 2. The number of aromatic nitrogens is 1. The van der Waals surface area contributed by atoms with E-state index in [9.17, 15) is 21.6 Å². The molecular formula is C21H28N4O6S2. The van der Waals surface area contributed by atoms with E-state index in [0.717, 1.165) is 5.56 Å². The second-order valence-corrected chi connectivity index (χ2v) is 12.2. The van der Waals surface area contributed by atoms with Crippen LogP contribution in [0.2, 0.25) is 0 Å². The van der Waals surface area contributed by atoms with Gasteiger partial charge in [0, 0.05) is 32.7 Å². The molecule has 3 heterocycles. The minimum absolute atomic E-state index is 0.0634. The summed E-state index contributed by atoms with van der Waals surface area (Å²) in [4.78, 5) is 15.1. The van der Waals surface area contributed by atoms with Crippen molar-refractivity contribution in [3.63, 3.8) is 0 Å². The summed E-state index contributed by atoms with van der Waals surface area (Å²) in [5, 5.41) is 3.73. The quantitative estimate of drug-likeness (QED) is 0.611. The lowest BCUT2D eigenvalue weighted by Gasteiger charge is -2.36. The van der Waals surface area contributed by atoms with Gasteiger partial charge >= 0.3 is 0 Å². The first-order valence-corrected chi connectivity index (χ1v) is 13.7. The molecule has 33 heavy (non-hydrogen) atoms. The fraction of sp³-hybridized carbons (Fsp3) is 0.524. The first kappa shape index (κ1) is 23.9. The molecule has 2 fully saturated rings. The largest absolute Gasteiger partial charge is 0.360 e. The standard InChI is InChI=1S/C21H28N4O6S2/c1-15-6-8-18(9-7-15)32(27,28)25-10-4-5-19(25)21(26)23-11-13-24(14-12-23)33(29,30)20-16(2)22-31-17(20)3/h6-9,19H,4-5,10-14H2,1-3H3/t19-/m0/s1. The number of carbonyl (C=O) groups is 1. The molecule has 2 aromatic rings. The van der Waals surface area contributed by atoms with Crippen molar-refractivity contribution in [1.82, 2.24) is 18.7 Å². The van der Waals surface area contributed by atoms with Crippen LogP contribution < -0.4 is 0 Å². The third-order valence-corrected chi connectivity index (χ3v) is 10.3. The van der Waals surface area contributed by atoms with Gasteiger partial charge in [-0.2, -0.15) is 8.61 Å². The van der Waals surface area contributed by atoms with Gasteiger partial charge in [-0.3, -0.25) is 4.79 Å². The van der Waals surface area contributed by atoms with Crippen molar-refractivity contribution in [2.45, 2.75) is 49.4 Å². The Kier molecular flexibility index (Phi) is 6.38. The van der Waals surface area contributed by atoms with Gasteiger partial charge in [-0.1, -0.05) is 22.9 Å². The van der Waals surface area contributed by atoms with Gasteiger partial charge < -0.3 is 9.42 Å². The van der Waals surface area contributed by atoms with Crippen LogP contribution >= 0.6 is 0 Å². The maximum atomic E-state index is 13.3. The minimum atomic E-state index is -3.80. The predicted molar refractivity (Wildman–Crippen MR) is 119 cm³/mol. The molecule has 1 aromatic carbocycles. The Morgan fingerprint density at radius 3 is 2.15 bits per heavy atom. The summed E-state index contributed by atoms with van der Waals surface area (Å²) in [6.45, 7) is 5.91.